The molecule has 0 heterocycles. The lowest BCUT2D eigenvalue weighted by Crippen LogP contribution is -1.96. The number of aromatic hydroxyl groups is 1. The smallest absolute Gasteiger partial charge is 0.220 e. The molecular weight excluding hydrogens is 244 g/mol. The molecule has 4 heteroatoms. The fourth-order valence-corrected chi connectivity index (χ4v) is 1.83. The second-order valence-electron chi connectivity index (χ2n) is 3.91. The fraction of sp³-hybridized carbons (Fsp3) is 0.133. The van der Waals surface area contributed by atoms with Crippen LogP contribution in [-0.2, 0) is 0 Å². The Morgan fingerprint density at radius 1 is 0.947 bits per heavy atom. The minimum absolute atomic E-state index is 0.309. The summed E-state index contributed by atoms with van der Waals surface area (Å²) in [6.45, 7) is 0. The third-order valence-electron chi connectivity index (χ3n) is 2.81. The highest BCUT2D eigenvalue weighted by atomic mass is 16.5. The van der Waals surface area contributed by atoms with Gasteiger partial charge in [-0.15, -0.1) is 0 Å². The van der Waals surface area contributed by atoms with Crippen molar-refractivity contribution in [3.05, 3.63) is 52.7 Å². The Bertz CT molecular complexity index is 650. The van der Waals surface area contributed by atoms with E-state index in [1.807, 2.05) is 0 Å². The fourth-order valence-electron chi connectivity index (χ4n) is 1.83. The summed E-state index contributed by atoms with van der Waals surface area (Å²) < 4.78 is 10.4. The van der Waals surface area contributed by atoms with E-state index in [4.69, 9.17) is 9.47 Å². The maximum absolute atomic E-state index is 11.6. The highest BCUT2D eigenvalue weighted by Gasteiger charge is 2.12. The largest absolute Gasteiger partial charge is 0.504 e. The van der Waals surface area contributed by atoms with E-state index < -0.39 is 5.43 Å². The first-order valence-corrected chi connectivity index (χ1v) is 5.72. The van der Waals surface area contributed by atoms with Crippen LogP contribution >= 0.6 is 0 Å². The summed E-state index contributed by atoms with van der Waals surface area (Å²) in [6, 6.07) is 11.4. The zero-order chi connectivity index (χ0) is 13.8. The molecule has 98 valence electrons. The molecule has 0 aliphatic heterocycles. The van der Waals surface area contributed by atoms with Crippen molar-refractivity contribution in [2.45, 2.75) is 0 Å². The first kappa shape index (κ1) is 13.0. The van der Waals surface area contributed by atoms with E-state index in [1.165, 1.54) is 13.2 Å². The van der Waals surface area contributed by atoms with Crippen molar-refractivity contribution < 1.29 is 14.6 Å². The van der Waals surface area contributed by atoms with Crippen LogP contribution in [0.1, 0.15) is 0 Å². The summed E-state index contributed by atoms with van der Waals surface area (Å²) in [7, 11) is 3.08. The number of benzene rings is 1. The molecule has 4 nitrogen and oxygen atoms in total. The second-order valence-corrected chi connectivity index (χ2v) is 3.91. The molecule has 2 aromatic carbocycles. The average molecular weight is 258 g/mol. The van der Waals surface area contributed by atoms with Crippen LogP contribution in [0.4, 0.5) is 0 Å². The van der Waals surface area contributed by atoms with Gasteiger partial charge in [-0.2, -0.15) is 0 Å². The molecule has 0 aliphatic carbocycles. The zero-order valence-corrected chi connectivity index (χ0v) is 10.7. The van der Waals surface area contributed by atoms with Crippen LogP contribution in [0.3, 0.4) is 0 Å². The van der Waals surface area contributed by atoms with Crippen LogP contribution in [0, 0.1) is 0 Å². The molecule has 0 saturated heterocycles. The maximum Gasteiger partial charge on any atom is 0.220 e. The van der Waals surface area contributed by atoms with Gasteiger partial charge in [0.2, 0.25) is 5.43 Å². The number of rotatable bonds is 3. The van der Waals surface area contributed by atoms with Gasteiger partial charge in [0.25, 0.3) is 0 Å². The molecule has 0 bridgehead atoms. The topological polar surface area (TPSA) is 55.8 Å². The van der Waals surface area contributed by atoms with Gasteiger partial charge in [0.05, 0.1) is 14.2 Å². The van der Waals surface area contributed by atoms with Crippen LogP contribution < -0.4 is 14.9 Å². The predicted octanol–water partition coefficient (Wildman–Crippen LogP) is 2.44. The highest BCUT2D eigenvalue weighted by molar-refractivity contribution is 5.76. The van der Waals surface area contributed by atoms with Gasteiger partial charge in [-0.1, -0.05) is 18.2 Å². The van der Waals surface area contributed by atoms with Crippen LogP contribution in [0.5, 0.6) is 17.2 Å². The molecule has 0 aromatic heterocycles. The number of hydrogen-bond acceptors (Lipinski definition) is 4. The molecular formula is C15H14O4. The average Bonchev–Trinajstić information content (AvgIpc) is 2.61. The minimum Gasteiger partial charge on any atom is -0.504 e. The van der Waals surface area contributed by atoms with Crippen molar-refractivity contribution in [3.8, 4) is 28.4 Å². The molecule has 0 amide bonds. The van der Waals surface area contributed by atoms with Gasteiger partial charge in [-0.05, 0) is 24.3 Å². The Balaban J connectivity index is 2.75. The lowest BCUT2D eigenvalue weighted by atomic mass is 10.0. The molecule has 0 unspecified atom stereocenters. The molecule has 19 heavy (non-hydrogen) atoms. The van der Waals surface area contributed by atoms with Crippen molar-refractivity contribution in [1.29, 1.82) is 0 Å². The summed E-state index contributed by atoms with van der Waals surface area (Å²) in [5.41, 5.74) is 0.572. The van der Waals surface area contributed by atoms with E-state index in [9.17, 15) is 9.90 Å². The maximum atomic E-state index is 11.6. The third-order valence-corrected chi connectivity index (χ3v) is 2.81. The molecule has 2 aromatic rings. The lowest BCUT2D eigenvalue weighted by Gasteiger charge is -2.10. The summed E-state index contributed by atoms with van der Waals surface area (Å²) in [5, 5.41) is 9.99. The van der Waals surface area contributed by atoms with E-state index in [-0.39, 0.29) is 5.75 Å². The molecule has 0 fully saturated rings. The summed E-state index contributed by atoms with van der Waals surface area (Å²) in [6.07, 6.45) is 0. The van der Waals surface area contributed by atoms with E-state index in [1.54, 1.807) is 43.5 Å². The monoisotopic (exact) mass is 258 g/mol. The Morgan fingerprint density at radius 2 is 1.68 bits per heavy atom. The van der Waals surface area contributed by atoms with Gasteiger partial charge < -0.3 is 14.6 Å². The van der Waals surface area contributed by atoms with Gasteiger partial charge in [0, 0.05) is 11.1 Å². The van der Waals surface area contributed by atoms with Gasteiger partial charge in [-0.3, -0.25) is 4.79 Å². The van der Waals surface area contributed by atoms with Crippen molar-refractivity contribution in [1.82, 2.24) is 0 Å². The first-order valence-electron chi connectivity index (χ1n) is 5.72. The quantitative estimate of drug-likeness (QED) is 0.918. The molecule has 0 saturated carbocycles. The molecule has 0 aliphatic rings. The van der Waals surface area contributed by atoms with Gasteiger partial charge in [0.1, 0.15) is 11.5 Å². The van der Waals surface area contributed by atoms with Crippen LogP contribution in [-0.4, -0.2) is 19.3 Å². The van der Waals surface area contributed by atoms with Gasteiger partial charge in [-0.25, -0.2) is 0 Å². The van der Waals surface area contributed by atoms with E-state index in [2.05, 4.69) is 0 Å². The number of methoxy groups -OCH3 is 2. The molecule has 1 N–H and O–H groups in total. The van der Waals surface area contributed by atoms with E-state index >= 15 is 0 Å². The number of ether oxygens (including phenoxy) is 2. The SMILES string of the molecule is COc1ccc(OC)c(-c2ccccc(=O)c2O)c1. The second kappa shape index (κ2) is 5.44. The third kappa shape index (κ3) is 2.52. The van der Waals surface area contributed by atoms with Crippen LogP contribution in [0.15, 0.2) is 47.3 Å². The highest BCUT2D eigenvalue weighted by Crippen LogP contribution is 2.36. The Morgan fingerprint density at radius 3 is 2.37 bits per heavy atom. The standard InChI is InChI=1S/C15H14O4/c1-18-10-7-8-14(19-2)12(9-10)11-5-3-4-6-13(16)15(11)17/h3-9H,1-2H3,(H,16,17). The Kier molecular flexibility index (Phi) is 3.71. The lowest BCUT2D eigenvalue weighted by molar-refractivity contribution is 0.404. The van der Waals surface area contributed by atoms with Crippen molar-refractivity contribution >= 4 is 0 Å². The normalized spacial score (nSPS) is 10.0. The molecule has 0 radical (unpaired) electrons. The van der Waals surface area contributed by atoms with Crippen molar-refractivity contribution in [2.75, 3.05) is 14.2 Å². The van der Waals surface area contributed by atoms with E-state index in [0.29, 0.717) is 22.6 Å². The molecule has 0 atom stereocenters. The molecule has 0 spiro atoms. The van der Waals surface area contributed by atoms with Gasteiger partial charge >= 0.3 is 0 Å². The van der Waals surface area contributed by atoms with Crippen LogP contribution in [0.2, 0.25) is 0 Å². The summed E-state index contributed by atoms with van der Waals surface area (Å²) >= 11 is 0. The predicted molar refractivity (Wildman–Crippen MR) is 72.9 cm³/mol. The van der Waals surface area contributed by atoms with Crippen molar-refractivity contribution in [2.24, 2.45) is 0 Å². The number of hydrogen-bond donors (Lipinski definition) is 1. The zero-order valence-electron chi connectivity index (χ0n) is 10.7. The first-order chi connectivity index (χ1) is 9.17. The van der Waals surface area contributed by atoms with Crippen molar-refractivity contribution in [3.63, 3.8) is 0 Å². The Labute approximate surface area is 110 Å². The summed E-state index contributed by atoms with van der Waals surface area (Å²) in [5.74, 6) is 0.868. The minimum atomic E-state index is -0.440. The van der Waals surface area contributed by atoms with Gasteiger partial charge in [0.15, 0.2) is 5.75 Å². The van der Waals surface area contributed by atoms with E-state index in [0.717, 1.165) is 0 Å². The molecule has 2 rings (SSSR count). The Hall–Kier alpha value is -2.49. The van der Waals surface area contributed by atoms with Crippen LogP contribution in [0.25, 0.3) is 11.1 Å². The summed E-state index contributed by atoms with van der Waals surface area (Å²) in [4.78, 5) is 11.6.